The van der Waals surface area contributed by atoms with Crippen molar-refractivity contribution in [3.63, 3.8) is 0 Å². The van der Waals surface area contributed by atoms with Crippen LogP contribution in [0.15, 0.2) is 48.5 Å². The highest BCUT2D eigenvalue weighted by Crippen LogP contribution is 2.50. The van der Waals surface area contributed by atoms with Crippen LogP contribution in [0.1, 0.15) is 27.7 Å². The van der Waals surface area contributed by atoms with Gasteiger partial charge in [-0.2, -0.15) is 0 Å². The maximum absolute atomic E-state index is 14.3. The molecule has 0 aliphatic carbocycles. The van der Waals surface area contributed by atoms with E-state index in [0.29, 0.717) is 10.0 Å². The molecule has 0 radical (unpaired) electrons. The highest BCUT2D eigenvalue weighted by Gasteiger charge is 2.37. The minimum Gasteiger partial charge on any atom is -0.296 e. The van der Waals surface area contributed by atoms with E-state index < -0.39 is 7.29 Å². The first-order valence-corrected chi connectivity index (χ1v) is 10.1. The van der Waals surface area contributed by atoms with Crippen molar-refractivity contribution in [3.8, 4) is 0 Å². The predicted molar refractivity (Wildman–Crippen MR) is 102 cm³/mol. The largest absolute Gasteiger partial charge is 0.296 e. The van der Waals surface area contributed by atoms with Crippen molar-refractivity contribution in [1.82, 2.24) is 4.67 Å². The molecule has 0 saturated heterocycles. The zero-order valence-corrected chi connectivity index (χ0v) is 16.2. The Labute approximate surface area is 148 Å². The summed E-state index contributed by atoms with van der Waals surface area (Å²) in [6.07, 6.45) is 0. The van der Waals surface area contributed by atoms with Crippen molar-refractivity contribution in [3.05, 3.63) is 58.6 Å². The fourth-order valence-corrected chi connectivity index (χ4v) is 6.44. The minimum atomic E-state index is -2.97. The summed E-state index contributed by atoms with van der Waals surface area (Å²) in [5.41, 5.74) is 0. The van der Waals surface area contributed by atoms with Gasteiger partial charge in [-0.05, 0) is 76.2 Å². The molecule has 0 fully saturated rings. The highest BCUT2D eigenvalue weighted by atomic mass is 35.5. The third-order valence-electron chi connectivity index (χ3n) is 3.74. The first-order valence-electron chi connectivity index (χ1n) is 7.68. The van der Waals surface area contributed by atoms with E-state index in [-0.39, 0.29) is 12.1 Å². The van der Waals surface area contributed by atoms with Crippen LogP contribution in [0.5, 0.6) is 0 Å². The smallest absolute Gasteiger partial charge is 0.207 e. The standard InChI is InChI=1S/C18H22Cl2NOP/c1-13(2)21(14(3)4)23(22,17-9-5-15(19)6-10-17)18-11-7-16(20)8-12-18/h5-14H,1-4H3. The van der Waals surface area contributed by atoms with Gasteiger partial charge in [-0.15, -0.1) is 0 Å². The molecule has 0 atom stereocenters. The molecule has 0 aliphatic rings. The monoisotopic (exact) mass is 369 g/mol. The molecule has 2 aromatic carbocycles. The molecular formula is C18H22Cl2NOP. The van der Waals surface area contributed by atoms with Gasteiger partial charge in [0.2, 0.25) is 7.29 Å². The molecule has 0 amide bonds. The summed E-state index contributed by atoms with van der Waals surface area (Å²) in [6, 6.07) is 14.8. The molecule has 124 valence electrons. The molecule has 0 N–H and O–H groups in total. The van der Waals surface area contributed by atoms with Crippen LogP contribution in [0, 0.1) is 0 Å². The van der Waals surface area contributed by atoms with Crippen molar-refractivity contribution in [2.75, 3.05) is 0 Å². The average molecular weight is 370 g/mol. The van der Waals surface area contributed by atoms with Crippen molar-refractivity contribution in [2.45, 2.75) is 39.8 Å². The Morgan fingerprint density at radius 1 is 0.739 bits per heavy atom. The summed E-state index contributed by atoms with van der Waals surface area (Å²) in [5, 5.41) is 2.84. The molecule has 0 heterocycles. The van der Waals surface area contributed by atoms with E-state index in [2.05, 4.69) is 32.4 Å². The van der Waals surface area contributed by atoms with Crippen molar-refractivity contribution in [2.24, 2.45) is 0 Å². The van der Waals surface area contributed by atoms with Crippen LogP contribution < -0.4 is 10.6 Å². The van der Waals surface area contributed by atoms with E-state index in [1.165, 1.54) is 0 Å². The van der Waals surface area contributed by atoms with Gasteiger partial charge in [-0.3, -0.25) is 4.57 Å². The molecule has 0 aromatic heterocycles. The number of benzene rings is 2. The van der Waals surface area contributed by atoms with E-state index >= 15 is 0 Å². The first-order chi connectivity index (χ1) is 10.8. The quantitative estimate of drug-likeness (QED) is 0.662. The van der Waals surface area contributed by atoms with Crippen LogP contribution in [0.25, 0.3) is 0 Å². The molecule has 0 unspecified atom stereocenters. The van der Waals surface area contributed by atoms with Gasteiger partial charge in [0.1, 0.15) is 0 Å². The molecule has 23 heavy (non-hydrogen) atoms. The molecule has 2 aromatic rings. The van der Waals surface area contributed by atoms with Crippen LogP contribution in [-0.4, -0.2) is 16.8 Å². The third-order valence-corrected chi connectivity index (χ3v) is 7.81. The molecule has 0 aliphatic heterocycles. The van der Waals surface area contributed by atoms with Crippen molar-refractivity contribution >= 4 is 41.1 Å². The third kappa shape index (κ3) is 3.83. The Morgan fingerprint density at radius 3 is 1.30 bits per heavy atom. The SMILES string of the molecule is CC(C)N(C(C)C)P(=O)(c1ccc(Cl)cc1)c1ccc(Cl)cc1. The summed E-state index contributed by atoms with van der Waals surface area (Å²) in [4.78, 5) is 0. The minimum absolute atomic E-state index is 0.132. The molecular weight excluding hydrogens is 348 g/mol. The second kappa shape index (κ2) is 7.40. The number of hydrogen-bond donors (Lipinski definition) is 0. The Balaban J connectivity index is 2.70. The topological polar surface area (TPSA) is 20.3 Å². The normalized spacial score (nSPS) is 12.4. The molecule has 2 nitrogen and oxygen atoms in total. The molecule has 0 bridgehead atoms. The van der Waals surface area contributed by atoms with Crippen LogP contribution >= 0.6 is 30.5 Å². The summed E-state index contributed by atoms with van der Waals surface area (Å²) in [7, 11) is -2.97. The number of hydrogen-bond acceptors (Lipinski definition) is 1. The molecule has 0 spiro atoms. The second-order valence-corrected chi connectivity index (χ2v) is 9.62. The van der Waals surface area contributed by atoms with Gasteiger partial charge in [0.25, 0.3) is 0 Å². The zero-order chi connectivity index (χ0) is 17.2. The molecule has 0 saturated carbocycles. The van der Waals surface area contributed by atoms with Crippen molar-refractivity contribution < 1.29 is 4.57 Å². The number of halogens is 2. The van der Waals surface area contributed by atoms with Gasteiger partial charge in [-0.1, -0.05) is 23.2 Å². The van der Waals surface area contributed by atoms with Gasteiger partial charge in [0.15, 0.2) is 0 Å². The lowest BCUT2D eigenvalue weighted by Crippen LogP contribution is -2.41. The van der Waals surface area contributed by atoms with E-state index in [9.17, 15) is 4.57 Å². The lowest BCUT2D eigenvalue weighted by atomic mass is 10.3. The Kier molecular flexibility index (Phi) is 5.97. The summed E-state index contributed by atoms with van der Waals surface area (Å²) in [5.74, 6) is 0. The second-order valence-electron chi connectivity index (χ2n) is 6.10. The number of nitrogens with zero attached hydrogens (tertiary/aromatic N) is 1. The lowest BCUT2D eigenvalue weighted by molar-refractivity contribution is 0.307. The van der Waals surface area contributed by atoms with E-state index in [0.717, 1.165) is 10.6 Å². The van der Waals surface area contributed by atoms with Gasteiger partial charge >= 0.3 is 0 Å². The Bertz CT molecular complexity index is 638. The average Bonchev–Trinajstić information content (AvgIpc) is 2.47. The lowest BCUT2D eigenvalue weighted by Gasteiger charge is -2.38. The van der Waals surface area contributed by atoms with Crippen LogP contribution in [-0.2, 0) is 4.57 Å². The summed E-state index contributed by atoms with van der Waals surface area (Å²) < 4.78 is 16.3. The molecule has 5 heteroatoms. The zero-order valence-electron chi connectivity index (χ0n) is 13.8. The Hall–Kier alpha value is -0.790. The fourth-order valence-electron chi connectivity index (χ4n) is 2.95. The van der Waals surface area contributed by atoms with Gasteiger partial charge in [0, 0.05) is 32.7 Å². The summed E-state index contributed by atoms with van der Waals surface area (Å²) in [6.45, 7) is 8.27. The van der Waals surface area contributed by atoms with Crippen molar-refractivity contribution in [1.29, 1.82) is 0 Å². The van der Waals surface area contributed by atoms with E-state index in [1.54, 1.807) is 24.3 Å². The molecule has 2 rings (SSSR count). The Morgan fingerprint density at radius 2 is 1.04 bits per heavy atom. The van der Waals surface area contributed by atoms with Crippen LogP contribution in [0.4, 0.5) is 0 Å². The predicted octanol–water partition coefficient (Wildman–Crippen LogP) is 5.34. The first kappa shape index (κ1) is 18.5. The van der Waals surface area contributed by atoms with Gasteiger partial charge in [-0.25, -0.2) is 4.67 Å². The van der Waals surface area contributed by atoms with Crippen LogP contribution in [0.2, 0.25) is 10.0 Å². The fraction of sp³-hybridized carbons (Fsp3) is 0.333. The van der Waals surface area contributed by atoms with E-state index in [1.807, 2.05) is 24.3 Å². The maximum atomic E-state index is 14.3. The van der Waals surface area contributed by atoms with Gasteiger partial charge in [0.05, 0.1) is 0 Å². The van der Waals surface area contributed by atoms with Crippen LogP contribution in [0.3, 0.4) is 0 Å². The number of rotatable bonds is 5. The summed E-state index contributed by atoms with van der Waals surface area (Å²) >= 11 is 12.0. The highest BCUT2D eigenvalue weighted by molar-refractivity contribution is 7.76. The maximum Gasteiger partial charge on any atom is 0.207 e. The van der Waals surface area contributed by atoms with E-state index in [4.69, 9.17) is 23.2 Å². The van der Waals surface area contributed by atoms with Gasteiger partial charge < -0.3 is 0 Å².